The second kappa shape index (κ2) is 2.69. The fourth-order valence-corrected chi connectivity index (χ4v) is 0.195. The fraction of sp³-hybridized carbons (Fsp3) is 0.667. The topological polar surface area (TPSA) is 29.5 Å². The lowest BCUT2D eigenvalue weighted by molar-refractivity contribution is 0.155. The van der Waals surface area contributed by atoms with E-state index in [0.29, 0.717) is 0 Å². The number of hydrogen-bond acceptors (Lipinski definition) is 2. The molecule has 0 aliphatic carbocycles. The molecule has 0 aliphatic rings. The zero-order valence-electron chi connectivity index (χ0n) is 4.14. The molecule has 0 aliphatic heterocycles. The van der Waals surface area contributed by atoms with Crippen LogP contribution in [0.4, 0.5) is 4.79 Å². The van der Waals surface area contributed by atoms with Gasteiger partial charge in [-0.15, -0.1) is 0 Å². The number of carbonyl (C=O) groups is 1. The monoisotopic (exact) mass is 123 g/mol. The summed E-state index contributed by atoms with van der Waals surface area (Å²) in [7, 11) is 2.66. The first-order valence-corrected chi connectivity index (χ1v) is 1.99. The summed E-state index contributed by atoms with van der Waals surface area (Å²) in [6.45, 7) is 0. The lowest BCUT2D eigenvalue weighted by Crippen LogP contribution is -2.15. The van der Waals surface area contributed by atoms with Gasteiger partial charge >= 0.3 is 6.09 Å². The predicted octanol–water partition coefficient (Wildman–Crippen LogP) is 0.838. The first-order valence-electron chi connectivity index (χ1n) is 1.66. The van der Waals surface area contributed by atoms with Crippen molar-refractivity contribution < 1.29 is 9.53 Å². The van der Waals surface area contributed by atoms with Crippen LogP contribution in [0.3, 0.4) is 0 Å². The molecule has 3 nitrogen and oxygen atoms in total. The number of halogens is 1. The van der Waals surface area contributed by atoms with E-state index < -0.39 is 6.09 Å². The lowest BCUT2D eigenvalue weighted by atomic mass is 11.1. The lowest BCUT2D eigenvalue weighted by Gasteiger charge is -2.01. The normalized spacial score (nSPS) is 7.86. The highest BCUT2D eigenvalue weighted by Gasteiger charge is 2.00. The molecular weight excluding hydrogens is 117 g/mol. The van der Waals surface area contributed by atoms with Gasteiger partial charge in [-0.05, 0) is 0 Å². The van der Waals surface area contributed by atoms with E-state index in [-0.39, 0.29) is 0 Å². The minimum absolute atomic E-state index is 0.554. The molecule has 7 heavy (non-hydrogen) atoms. The highest BCUT2D eigenvalue weighted by Crippen LogP contribution is 1.89. The van der Waals surface area contributed by atoms with Crippen molar-refractivity contribution in [1.29, 1.82) is 0 Å². The Labute approximate surface area is 46.9 Å². The number of amides is 1. The van der Waals surface area contributed by atoms with Crippen molar-refractivity contribution in [3.8, 4) is 0 Å². The average molecular weight is 124 g/mol. The van der Waals surface area contributed by atoms with E-state index in [1.54, 1.807) is 0 Å². The summed E-state index contributed by atoms with van der Waals surface area (Å²) in [6, 6.07) is 0. The van der Waals surface area contributed by atoms with Gasteiger partial charge in [0.1, 0.15) is 0 Å². The van der Waals surface area contributed by atoms with Crippen LogP contribution >= 0.6 is 11.8 Å². The fourth-order valence-electron chi connectivity index (χ4n) is 0.126. The molecule has 0 heterocycles. The SMILES string of the molecule is COC(=O)N(C)Cl. The van der Waals surface area contributed by atoms with E-state index in [1.165, 1.54) is 14.2 Å². The third kappa shape index (κ3) is 2.28. The number of nitrogens with zero attached hydrogens (tertiary/aromatic N) is 1. The van der Waals surface area contributed by atoms with Gasteiger partial charge in [0.15, 0.2) is 0 Å². The van der Waals surface area contributed by atoms with Crippen LogP contribution in [-0.4, -0.2) is 24.7 Å². The molecule has 0 fully saturated rings. The van der Waals surface area contributed by atoms with Gasteiger partial charge in [-0.1, -0.05) is 0 Å². The molecule has 0 radical (unpaired) electrons. The van der Waals surface area contributed by atoms with Crippen molar-refractivity contribution in [3.05, 3.63) is 0 Å². The molecule has 1 amide bonds. The zero-order chi connectivity index (χ0) is 5.86. The Balaban J connectivity index is 3.35. The Morgan fingerprint density at radius 1 is 1.86 bits per heavy atom. The van der Waals surface area contributed by atoms with E-state index in [9.17, 15) is 4.79 Å². The van der Waals surface area contributed by atoms with E-state index in [1.807, 2.05) is 0 Å². The molecule has 0 atom stereocenters. The maximum absolute atomic E-state index is 10.1. The van der Waals surface area contributed by atoms with Crippen LogP contribution < -0.4 is 0 Å². The van der Waals surface area contributed by atoms with Gasteiger partial charge in [0.25, 0.3) is 0 Å². The third-order valence-corrected chi connectivity index (χ3v) is 0.564. The van der Waals surface area contributed by atoms with Crippen LogP contribution in [0.25, 0.3) is 0 Å². The Morgan fingerprint density at radius 3 is 2.29 bits per heavy atom. The smallest absolute Gasteiger partial charge is 0.423 e. The van der Waals surface area contributed by atoms with Gasteiger partial charge in [-0.25, -0.2) is 9.21 Å². The van der Waals surface area contributed by atoms with Crippen LogP contribution in [0.15, 0.2) is 0 Å². The van der Waals surface area contributed by atoms with E-state index in [2.05, 4.69) is 4.74 Å². The third-order valence-electron chi connectivity index (χ3n) is 0.426. The molecule has 0 bridgehead atoms. The maximum Gasteiger partial charge on any atom is 0.423 e. The molecule has 0 spiro atoms. The minimum Gasteiger partial charge on any atom is -0.452 e. The van der Waals surface area contributed by atoms with Gasteiger partial charge in [0, 0.05) is 18.8 Å². The molecular formula is C3H6ClNO2. The molecule has 0 rings (SSSR count). The summed E-state index contributed by atoms with van der Waals surface area (Å²) in [6.07, 6.45) is -0.554. The first-order chi connectivity index (χ1) is 3.18. The summed E-state index contributed by atoms with van der Waals surface area (Å²) in [5.41, 5.74) is 0. The van der Waals surface area contributed by atoms with Gasteiger partial charge in [0.05, 0.1) is 7.11 Å². The Bertz CT molecular complexity index is 73.3. The number of hydrogen-bond donors (Lipinski definition) is 0. The molecule has 0 aromatic carbocycles. The minimum atomic E-state index is -0.554. The van der Waals surface area contributed by atoms with Crippen molar-refractivity contribution in [2.24, 2.45) is 0 Å². The molecule has 42 valence electrons. The number of ether oxygens (including phenoxy) is 1. The van der Waals surface area contributed by atoms with Gasteiger partial charge < -0.3 is 4.74 Å². The van der Waals surface area contributed by atoms with Crippen molar-refractivity contribution in [1.82, 2.24) is 4.42 Å². The molecule has 0 aromatic rings. The quantitative estimate of drug-likeness (QED) is 0.447. The number of carbonyl (C=O) groups excluding carboxylic acids is 1. The zero-order valence-corrected chi connectivity index (χ0v) is 4.90. The van der Waals surface area contributed by atoms with Crippen LogP contribution in [-0.2, 0) is 4.74 Å². The van der Waals surface area contributed by atoms with Crippen LogP contribution in [0, 0.1) is 0 Å². The van der Waals surface area contributed by atoms with Crippen molar-refractivity contribution in [3.63, 3.8) is 0 Å². The van der Waals surface area contributed by atoms with Crippen LogP contribution in [0.2, 0.25) is 0 Å². The Kier molecular flexibility index (Phi) is 2.52. The molecule has 0 unspecified atom stereocenters. The first kappa shape index (κ1) is 6.56. The largest absolute Gasteiger partial charge is 0.452 e. The van der Waals surface area contributed by atoms with Crippen molar-refractivity contribution in [2.75, 3.05) is 14.2 Å². The molecule has 0 aromatic heterocycles. The Hall–Kier alpha value is -0.440. The molecule has 0 saturated carbocycles. The molecule has 0 N–H and O–H groups in total. The average Bonchev–Trinajstić information content (AvgIpc) is 1.65. The van der Waals surface area contributed by atoms with Crippen molar-refractivity contribution >= 4 is 17.9 Å². The second-order valence-corrected chi connectivity index (χ2v) is 1.45. The summed E-state index contributed by atoms with van der Waals surface area (Å²) in [5, 5.41) is 0. The van der Waals surface area contributed by atoms with Gasteiger partial charge in [-0.2, -0.15) is 0 Å². The summed E-state index contributed by atoms with van der Waals surface area (Å²) < 4.78 is 5.00. The van der Waals surface area contributed by atoms with Crippen LogP contribution in [0.5, 0.6) is 0 Å². The van der Waals surface area contributed by atoms with Gasteiger partial charge in [-0.3, -0.25) is 0 Å². The van der Waals surface area contributed by atoms with E-state index in [0.717, 1.165) is 4.42 Å². The molecule has 4 heteroatoms. The van der Waals surface area contributed by atoms with Gasteiger partial charge in [0.2, 0.25) is 0 Å². The van der Waals surface area contributed by atoms with Crippen LogP contribution in [0.1, 0.15) is 0 Å². The highest BCUT2D eigenvalue weighted by atomic mass is 35.5. The summed E-state index contributed by atoms with van der Waals surface area (Å²) in [5.74, 6) is 0. The summed E-state index contributed by atoms with van der Waals surface area (Å²) in [4.78, 5) is 10.1. The highest BCUT2D eigenvalue weighted by molar-refractivity contribution is 6.19. The molecule has 0 saturated heterocycles. The number of methoxy groups -OCH3 is 1. The van der Waals surface area contributed by atoms with Crippen molar-refractivity contribution in [2.45, 2.75) is 0 Å². The Morgan fingerprint density at radius 2 is 2.29 bits per heavy atom. The maximum atomic E-state index is 10.1. The summed E-state index contributed by atoms with van der Waals surface area (Å²) >= 11 is 5.09. The van der Waals surface area contributed by atoms with E-state index >= 15 is 0 Å². The second-order valence-electron chi connectivity index (χ2n) is 0.947. The predicted molar refractivity (Wildman–Crippen MR) is 26.0 cm³/mol. The number of rotatable bonds is 0. The van der Waals surface area contributed by atoms with E-state index in [4.69, 9.17) is 11.8 Å². The standard InChI is InChI=1S/C3H6ClNO2/c1-5(4)3(6)7-2/h1-2H3.